The smallest absolute Gasteiger partial charge is 0.424 e. The summed E-state index contributed by atoms with van der Waals surface area (Å²) in [5.41, 5.74) is 0. The highest BCUT2D eigenvalue weighted by Crippen LogP contribution is 2.11. The van der Waals surface area contributed by atoms with Crippen LogP contribution in [-0.2, 0) is 0 Å². The van der Waals surface area contributed by atoms with Crippen molar-refractivity contribution >= 4 is 7.12 Å². The Morgan fingerprint density at radius 3 is 1.61 bits per heavy atom. The maximum atomic E-state index is 8.60. The molecule has 0 bridgehead atoms. The van der Waals surface area contributed by atoms with Crippen molar-refractivity contribution in [1.82, 2.24) is 0 Å². The Bertz CT molecular complexity index is 181. The molecule has 0 fully saturated rings. The van der Waals surface area contributed by atoms with E-state index in [2.05, 4.69) is 6.92 Å². The quantitative estimate of drug-likeness (QED) is 0.381. The van der Waals surface area contributed by atoms with Crippen molar-refractivity contribution < 1.29 is 10.0 Å². The van der Waals surface area contributed by atoms with Gasteiger partial charge in [0.1, 0.15) is 0 Å². The van der Waals surface area contributed by atoms with Gasteiger partial charge in [-0.2, -0.15) is 0 Å². The molecule has 0 unspecified atom stereocenters. The fraction of sp³-hybridized carbons (Fsp3) is 0.867. The van der Waals surface area contributed by atoms with Gasteiger partial charge in [0.2, 0.25) is 0 Å². The molecule has 2 nitrogen and oxygen atoms in total. The van der Waals surface area contributed by atoms with E-state index in [9.17, 15) is 0 Å². The lowest BCUT2D eigenvalue weighted by molar-refractivity contribution is 0.424. The summed E-state index contributed by atoms with van der Waals surface area (Å²) in [4.78, 5) is 0. The van der Waals surface area contributed by atoms with Gasteiger partial charge >= 0.3 is 7.12 Å². The van der Waals surface area contributed by atoms with Gasteiger partial charge in [0.05, 0.1) is 0 Å². The Morgan fingerprint density at radius 1 is 0.722 bits per heavy atom. The average molecular weight is 254 g/mol. The molecule has 0 spiro atoms. The molecule has 0 aromatic carbocycles. The maximum absolute atomic E-state index is 8.60. The molecule has 0 rings (SSSR count). The van der Waals surface area contributed by atoms with Crippen molar-refractivity contribution in [1.29, 1.82) is 0 Å². The normalized spacial score (nSPS) is 11.3. The van der Waals surface area contributed by atoms with Crippen molar-refractivity contribution in [3.63, 3.8) is 0 Å². The molecule has 0 saturated carbocycles. The van der Waals surface area contributed by atoms with Gasteiger partial charge in [-0.1, -0.05) is 83.2 Å². The van der Waals surface area contributed by atoms with E-state index in [1.807, 2.05) is 6.08 Å². The number of rotatable bonds is 13. The van der Waals surface area contributed by atoms with E-state index in [1.165, 1.54) is 76.6 Å². The van der Waals surface area contributed by atoms with Gasteiger partial charge in [-0.25, -0.2) is 0 Å². The van der Waals surface area contributed by atoms with Crippen molar-refractivity contribution in [3.05, 3.63) is 12.1 Å². The van der Waals surface area contributed by atoms with Crippen LogP contribution in [0.1, 0.15) is 84.0 Å². The minimum atomic E-state index is -1.28. The SMILES string of the molecule is CCCCCCCCCCCCC/C=C/B(O)O. The number of hydrogen-bond acceptors (Lipinski definition) is 2. The molecular weight excluding hydrogens is 223 g/mol. The van der Waals surface area contributed by atoms with E-state index < -0.39 is 7.12 Å². The van der Waals surface area contributed by atoms with Crippen LogP contribution in [0.15, 0.2) is 12.1 Å². The topological polar surface area (TPSA) is 40.5 Å². The summed E-state index contributed by atoms with van der Waals surface area (Å²) in [6.07, 6.45) is 17.7. The predicted molar refractivity (Wildman–Crippen MR) is 80.4 cm³/mol. The Labute approximate surface area is 114 Å². The van der Waals surface area contributed by atoms with Crippen LogP contribution in [0, 0.1) is 0 Å². The second-order valence-corrected chi connectivity index (χ2v) is 5.17. The third-order valence-corrected chi connectivity index (χ3v) is 3.28. The van der Waals surface area contributed by atoms with Crippen LogP contribution in [0.5, 0.6) is 0 Å². The predicted octanol–water partition coefficient (Wildman–Crippen LogP) is 4.26. The van der Waals surface area contributed by atoms with Gasteiger partial charge in [-0.3, -0.25) is 0 Å². The molecule has 106 valence electrons. The minimum Gasteiger partial charge on any atom is -0.424 e. The van der Waals surface area contributed by atoms with E-state index in [0.29, 0.717) is 0 Å². The molecule has 0 aliphatic rings. The molecule has 0 radical (unpaired) electrons. The number of unbranched alkanes of at least 4 members (excludes halogenated alkanes) is 11. The molecule has 0 aromatic rings. The van der Waals surface area contributed by atoms with Crippen molar-refractivity contribution in [2.45, 2.75) is 84.0 Å². The molecule has 0 aliphatic heterocycles. The highest BCUT2D eigenvalue weighted by Gasteiger charge is 1.96. The van der Waals surface area contributed by atoms with Gasteiger partial charge in [0, 0.05) is 0 Å². The molecule has 0 saturated heterocycles. The molecule has 0 amide bonds. The highest BCUT2D eigenvalue weighted by molar-refractivity contribution is 6.47. The first-order chi connectivity index (χ1) is 8.77. The Kier molecular flexibility index (Phi) is 14.6. The zero-order valence-corrected chi connectivity index (χ0v) is 12.1. The van der Waals surface area contributed by atoms with Crippen molar-refractivity contribution in [2.75, 3.05) is 0 Å². The average Bonchev–Trinajstić information content (AvgIpc) is 2.34. The first-order valence-corrected chi connectivity index (χ1v) is 7.80. The van der Waals surface area contributed by atoms with E-state index in [-0.39, 0.29) is 0 Å². The Morgan fingerprint density at radius 2 is 1.17 bits per heavy atom. The molecule has 0 atom stereocenters. The molecule has 2 N–H and O–H groups in total. The van der Waals surface area contributed by atoms with Crippen LogP contribution in [0.3, 0.4) is 0 Å². The fourth-order valence-electron chi connectivity index (χ4n) is 2.14. The summed E-state index contributed by atoms with van der Waals surface area (Å²) in [5, 5.41) is 17.2. The van der Waals surface area contributed by atoms with Gasteiger partial charge in [0.15, 0.2) is 0 Å². The Hall–Kier alpha value is -0.275. The van der Waals surface area contributed by atoms with Gasteiger partial charge < -0.3 is 10.0 Å². The molecule has 18 heavy (non-hydrogen) atoms. The number of allylic oxidation sites excluding steroid dienone is 1. The van der Waals surface area contributed by atoms with Crippen molar-refractivity contribution in [2.24, 2.45) is 0 Å². The highest BCUT2D eigenvalue weighted by atomic mass is 16.4. The lowest BCUT2D eigenvalue weighted by Gasteiger charge is -2.01. The largest absolute Gasteiger partial charge is 0.480 e. The second-order valence-electron chi connectivity index (χ2n) is 5.17. The lowest BCUT2D eigenvalue weighted by atomic mass is 9.91. The summed E-state index contributed by atoms with van der Waals surface area (Å²) < 4.78 is 0. The van der Waals surface area contributed by atoms with Crippen LogP contribution in [-0.4, -0.2) is 17.2 Å². The van der Waals surface area contributed by atoms with E-state index in [4.69, 9.17) is 10.0 Å². The van der Waals surface area contributed by atoms with E-state index in [0.717, 1.165) is 6.42 Å². The molecule has 0 aromatic heterocycles. The first-order valence-electron chi connectivity index (χ1n) is 7.80. The zero-order valence-electron chi connectivity index (χ0n) is 12.1. The van der Waals surface area contributed by atoms with Gasteiger partial charge in [-0.05, 0) is 12.8 Å². The molecular formula is C15H31BO2. The third-order valence-electron chi connectivity index (χ3n) is 3.28. The van der Waals surface area contributed by atoms with Gasteiger partial charge in [-0.15, -0.1) is 0 Å². The lowest BCUT2D eigenvalue weighted by Crippen LogP contribution is -2.05. The van der Waals surface area contributed by atoms with E-state index >= 15 is 0 Å². The van der Waals surface area contributed by atoms with Crippen LogP contribution >= 0.6 is 0 Å². The number of hydrogen-bond donors (Lipinski definition) is 2. The summed E-state index contributed by atoms with van der Waals surface area (Å²) in [5.74, 6) is 1.44. The maximum Gasteiger partial charge on any atom is 0.480 e. The summed E-state index contributed by atoms with van der Waals surface area (Å²) in [7, 11) is -1.28. The third kappa shape index (κ3) is 15.7. The molecule has 0 aliphatic carbocycles. The van der Waals surface area contributed by atoms with E-state index in [1.54, 1.807) is 0 Å². The zero-order chi connectivity index (χ0) is 13.5. The molecule has 0 heterocycles. The minimum absolute atomic E-state index is 0.967. The summed E-state index contributed by atoms with van der Waals surface area (Å²) in [6.45, 7) is 2.26. The van der Waals surface area contributed by atoms with Crippen LogP contribution in [0.4, 0.5) is 0 Å². The van der Waals surface area contributed by atoms with Crippen LogP contribution in [0.2, 0.25) is 0 Å². The Balaban J connectivity index is 2.99. The summed E-state index contributed by atoms with van der Waals surface area (Å²) >= 11 is 0. The van der Waals surface area contributed by atoms with Gasteiger partial charge in [0.25, 0.3) is 0 Å². The molecule has 3 heteroatoms. The van der Waals surface area contributed by atoms with Crippen LogP contribution < -0.4 is 0 Å². The fourth-order valence-corrected chi connectivity index (χ4v) is 2.14. The monoisotopic (exact) mass is 254 g/mol. The summed E-state index contributed by atoms with van der Waals surface area (Å²) in [6, 6.07) is 0. The van der Waals surface area contributed by atoms with Crippen LogP contribution in [0.25, 0.3) is 0 Å². The first kappa shape index (κ1) is 17.7. The second kappa shape index (κ2) is 14.8. The van der Waals surface area contributed by atoms with Crippen molar-refractivity contribution in [3.8, 4) is 0 Å². The standard InChI is InChI=1S/C15H31BO2/c1-2-3-4-5-6-7-8-9-10-11-12-13-14-15-16(17)18/h14-15,17-18H,2-13H2,1H3/b15-14+.